The van der Waals surface area contributed by atoms with Crippen LogP contribution >= 0.6 is 11.3 Å². The average Bonchev–Trinajstić information content (AvgIpc) is 2.95. The Kier molecular flexibility index (Phi) is 5.84. The minimum atomic E-state index is -3.14. The van der Waals surface area contributed by atoms with Crippen LogP contribution in [0.3, 0.4) is 0 Å². The molecule has 0 aliphatic carbocycles. The summed E-state index contributed by atoms with van der Waals surface area (Å²) in [6, 6.07) is 3.83. The van der Waals surface area contributed by atoms with E-state index in [2.05, 4.69) is 14.7 Å². The summed E-state index contributed by atoms with van der Waals surface area (Å²) in [6.45, 7) is 2.37. The average molecular weight is 325 g/mol. The molecular formula is C14H19N3O2S2. The number of sulfonamides is 1. The first-order valence-corrected chi connectivity index (χ1v) is 9.46. The van der Waals surface area contributed by atoms with Gasteiger partial charge in [0, 0.05) is 36.3 Å². The summed E-state index contributed by atoms with van der Waals surface area (Å²) in [5.74, 6) is 0.197. The molecule has 0 aromatic carbocycles. The number of hydrogen-bond acceptors (Lipinski definition) is 5. The Morgan fingerprint density at radius 1 is 1.29 bits per heavy atom. The third-order valence-electron chi connectivity index (χ3n) is 2.95. The summed E-state index contributed by atoms with van der Waals surface area (Å²) in [6.07, 6.45) is 5.64. The van der Waals surface area contributed by atoms with Crippen molar-refractivity contribution in [3.05, 3.63) is 35.6 Å². The number of hydrogen-bond donors (Lipinski definition) is 1. The highest BCUT2D eigenvalue weighted by molar-refractivity contribution is 7.89. The smallest absolute Gasteiger partial charge is 0.211 e. The van der Waals surface area contributed by atoms with Gasteiger partial charge in [0.2, 0.25) is 10.0 Å². The second kappa shape index (κ2) is 7.63. The molecule has 0 aliphatic heterocycles. The Hall–Kier alpha value is -1.31. The third kappa shape index (κ3) is 5.18. The molecule has 0 fully saturated rings. The Morgan fingerprint density at radius 2 is 2.05 bits per heavy atom. The predicted octanol–water partition coefficient (Wildman–Crippen LogP) is 2.47. The fourth-order valence-electron chi connectivity index (χ4n) is 1.79. The molecule has 1 N–H and O–H groups in total. The standard InChI is InChI=1S/C14H19N3O2S2/c1-2-3-10-21(18,19)16-9-6-13-11-20-14(17-13)12-4-7-15-8-5-12/h4-5,7-8,11,16H,2-3,6,9-10H2,1H3. The highest BCUT2D eigenvalue weighted by Gasteiger charge is 2.09. The lowest BCUT2D eigenvalue weighted by Crippen LogP contribution is -2.28. The molecule has 0 radical (unpaired) electrons. The second-order valence-corrected chi connectivity index (χ2v) is 7.48. The van der Waals surface area contributed by atoms with Gasteiger partial charge in [0.25, 0.3) is 0 Å². The van der Waals surface area contributed by atoms with Crippen LogP contribution < -0.4 is 4.72 Å². The van der Waals surface area contributed by atoms with Crippen LogP contribution in [-0.2, 0) is 16.4 Å². The lowest BCUT2D eigenvalue weighted by molar-refractivity contribution is 0.578. The molecule has 0 bridgehead atoms. The van der Waals surface area contributed by atoms with Gasteiger partial charge in [-0.05, 0) is 18.6 Å². The molecular weight excluding hydrogens is 306 g/mol. The van der Waals surface area contributed by atoms with Crippen molar-refractivity contribution in [2.24, 2.45) is 0 Å². The number of unbranched alkanes of at least 4 members (excludes halogenated alkanes) is 1. The van der Waals surface area contributed by atoms with Crippen molar-refractivity contribution in [2.45, 2.75) is 26.2 Å². The van der Waals surface area contributed by atoms with Gasteiger partial charge in [-0.2, -0.15) is 0 Å². The van der Waals surface area contributed by atoms with E-state index in [9.17, 15) is 8.42 Å². The maximum Gasteiger partial charge on any atom is 0.211 e. The van der Waals surface area contributed by atoms with Crippen molar-refractivity contribution in [3.8, 4) is 10.6 Å². The minimum absolute atomic E-state index is 0.197. The molecule has 2 aromatic heterocycles. The largest absolute Gasteiger partial charge is 0.265 e. The van der Waals surface area contributed by atoms with Crippen LogP contribution in [0, 0.1) is 0 Å². The van der Waals surface area contributed by atoms with Crippen LogP contribution in [-0.4, -0.2) is 30.7 Å². The number of nitrogens with zero attached hydrogens (tertiary/aromatic N) is 2. The predicted molar refractivity (Wildman–Crippen MR) is 85.7 cm³/mol. The number of rotatable bonds is 8. The summed E-state index contributed by atoms with van der Waals surface area (Å²) in [5.41, 5.74) is 1.94. The first-order valence-electron chi connectivity index (χ1n) is 6.93. The number of pyridine rings is 1. The van der Waals surface area contributed by atoms with E-state index in [1.807, 2.05) is 24.4 Å². The highest BCUT2D eigenvalue weighted by atomic mass is 32.2. The lowest BCUT2D eigenvalue weighted by Gasteiger charge is -2.04. The van der Waals surface area contributed by atoms with Gasteiger partial charge in [0.15, 0.2) is 0 Å². The van der Waals surface area contributed by atoms with Gasteiger partial charge >= 0.3 is 0 Å². The van der Waals surface area contributed by atoms with Gasteiger partial charge in [-0.3, -0.25) is 4.98 Å². The molecule has 7 heteroatoms. The van der Waals surface area contributed by atoms with Crippen LogP contribution in [0.5, 0.6) is 0 Å². The Morgan fingerprint density at radius 3 is 2.76 bits per heavy atom. The fraction of sp³-hybridized carbons (Fsp3) is 0.429. The van der Waals surface area contributed by atoms with Gasteiger partial charge in [0.05, 0.1) is 11.4 Å². The zero-order valence-corrected chi connectivity index (χ0v) is 13.6. The molecule has 0 spiro atoms. The van der Waals surface area contributed by atoms with Crippen LogP contribution in [0.25, 0.3) is 10.6 Å². The van der Waals surface area contributed by atoms with Gasteiger partial charge in [0.1, 0.15) is 5.01 Å². The zero-order chi connectivity index (χ0) is 15.1. The first-order chi connectivity index (χ1) is 10.1. The topological polar surface area (TPSA) is 72.0 Å². The van der Waals surface area contributed by atoms with Crippen LogP contribution in [0.1, 0.15) is 25.5 Å². The van der Waals surface area contributed by atoms with E-state index < -0.39 is 10.0 Å². The van der Waals surface area contributed by atoms with Crippen LogP contribution in [0.2, 0.25) is 0 Å². The summed E-state index contributed by atoms with van der Waals surface area (Å²) in [5, 5.41) is 2.90. The summed E-state index contributed by atoms with van der Waals surface area (Å²) < 4.78 is 26.0. The first kappa shape index (κ1) is 16.1. The molecule has 2 heterocycles. The van der Waals surface area contributed by atoms with Crippen molar-refractivity contribution in [1.82, 2.24) is 14.7 Å². The quantitative estimate of drug-likeness (QED) is 0.809. The molecule has 5 nitrogen and oxygen atoms in total. The lowest BCUT2D eigenvalue weighted by atomic mass is 10.3. The number of thiazole rings is 1. The molecule has 0 aliphatic rings. The summed E-state index contributed by atoms with van der Waals surface area (Å²) in [7, 11) is -3.14. The highest BCUT2D eigenvalue weighted by Crippen LogP contribution is 2.22. The van der Waals surface area contributed by atoms with Crippen molar-refractivity contribution in [2.75, 3.05) is 12.3 Å². The van der Waals surface area contributed by atoms with E-state index >= 15 is 0 Å². The zero-order valence-electron chi connectivity index (χ0n) is 11.9. The SMILES string of the molecule is CCCCS(=O)(=O)NCCc1csc(-c2ccncc2)n1. The molecule has 0 saturated heterocycles. The van der Waals surface area contributed by atoms with E-state index in [1.54, 1.807) is 23.7 Å². The monoisotopic (exact) mass is 325 g/mol. The van der Waals surface area contributed by atoms with Crippen LogP contribution in [0.15, 0.2) is 29.9 Å². The van der Waals surface area contributed by atoms with E-state index in [1.165, 1.54) is 0 Å². The Labute approximate surface area is 129 Å². The molecule has 0 atom stereocenters. The Bertz CT molecular complexity index is 654. The van der Waals surface area contributed by atoms with Crippen molar-refractivity contribution >= 4 is 21.4 Å². The molecule has 0 amide bonds. The van der Waals surface area contributed by atoms with Gasteiger partial charge in [-0.25, -0.2) is 18.1 Å². The van der Waals surface area contributed by atoms with Crippen molar-refractivity contribution < 1.29 is 8.42 Å². The summed E-state index contributed by atoms with van der Waals surface area (Å²) in [4.78, 5) is 8.50. The molecule has 2 aromatic rings. The number of aromatic nitrogens is 2. The molecule has 0 saturated carbocycles. The van der Waals surface area contributed by atoms with Gasteiger partial charge in [-0.15, -0.1) is 11.3 Å². The minimum Gasteiger partial charge on any atom is -0.265 e. The third-order valence-corrected chi connectivity index (χ3v) is 5.36. The summed E-state index contributed by atoms with van der Waals surface area (Å²) >= 11 is 1.56. The normalized spacial score (nSPS) is 11.7. The molecule has 2 rings (SSSR count). The Balaban J connectivity index is 1.86. The number of nitrogens with one attached hydrogen (secondary N) is 1. The van der Waals surface area contributed by atoms with E-state index in [-0.39, 0.29) is 5.75 Å². The molecule has 0 unspecified atom stereocenters. The van der Waals surface area contributed by atoms with Gasteiger partial charge < -0.3 is 0 Å². The maximum absolute atomic E-state index is 11.7. The fourth-order valence-corrected chi connectivity index (χ4v) is 3.88. The van der Waals surface area contributed by atoms with Gasteiger partial charge in [-0.1, -0.05) is 13.3 Å². The van der Waals surface area contributed by atoms with E-state index in [0.29, 0.717) is 19.4 Å². The van der Waals surface area contributed by atoms with Crippen LogP contribution in [0.4, 0.5) is 0 Å². The second-order valence-electron chi connectivity index (χ2n) is 4.70. The maximum atomic E-state index is 11.7. The van der Waals surface area contributed by atoms with E-state index in [4.69, 9.17) is 0 Å². The molecule has 21 heavy (non-hydrogen) atoms. The van der Waals surface area contributed by atoms with Crippen molar-refractivity contribution in [3.63, 3.8) is 0 Å². The van der Waals surface area contributed by atoms with Crippen molar-refractivity contribution in [1.29, 1.82) is 0 Å². The van der Waals surface area contributed by atoms with E-state index in [0.717, 1.165) is 22.7 Å². The molecule has 114 valence electrons.